The van der Waals surface area contributed by atoms with Crippen molar-refractivity contribution >= 4 is 5.91 Å². The number of ether oxygens (including phenoxy) is 1. The van der Waals surface area contributed by atoms with E-state index in [9.17, 15) is 9.90 Å². The maximum absolute atomic E-state index is 12.5. The van der Waals surface area contributed by atoms with Gasteiger partial charge in [0.2, 0.25) is 5.91 Å². The van der Waals surface area contributed by atoms with Crippen LogP contribution in [0.2, 0.25) is 0 Å². The summed E-state index contributed by atoms with van der Waals surface area (Å²) in [5, 5.41) is 13.6. The first kappa shape index (κ1) is 17.4. The Morgan fingerprint density at radius 2 is 1.88 bits per heavy atom. The molecule has 0 spiro atoms. The highest BCUT2D eigenvalue weighted by Gasteiger charge is 2.34. The van der Waals surface area contributed by atoms with Crippen LogP contribution >= 0.6 is 0 Å². The zero-order valence-electron chi connectivity index (χ0n) is 14.2. The number of hydrogen-bond donors (Lipinski definition) is 2. The molecule has 132 valence electrons. The molecule has 1 aliphatic carbocycles. The van der Waals surface area contributed by atoms with Crippen molar-refractivity contribution < 1.29 is 14.6 Å². The van der Waals surface area contributed by atoms with Crippen molar-refractivity contribution in [3.8, 4) is 0 Å². The summed E-state index contributed by atoms with van der Waals surface area (Å²) in [4.78, 5) is 14.8. The van der Waals surface area contributed by atoms with E-state index in [1.54, 1.807) is 0 Å². The Balaban J connectivity index is 1.63. The second-order valence-electron chi connectivity index (χ2n) is 7.05. The van der Waals surface area contributed by atoms with Gasteiger partial charge in [0.05, 0.1) is 31.3 Å². The molecule has 1 aromatic carbocycles. The zero-order chi connectivity index (χ0) is 16.8. The van der Waals surface area contributed by atoms with Gasteiger partial charge < -0.3 is 15.2 Å². The van der Waals surface area contributed by atoms with Crippen LogP contribution in [0.25, 0.3) is 0 Å². The second kappa shape index (κ2) is 8.10. The molecular formula is C19H28N2O3. The van der Waals surface area contributed by atoms with E-state index in [0.717, 1.165) is 64.1 Å². The minimum absolute atomic E-state index is 0.0539. The Morgan fingerprint density at radius 1 is 1.21 bits per heavy atom. The molecule has 1 atom stereocenters. The van der Waals surface area contributed by atoms with Crippen LogP contribution in [0, 0.1) is 0 Å². The quantitative estimate of drug-likeness (QED) is 0.835. The summed E-state index contributed by atoms with van der Waals surface area (Å²) in [6.45, 7) is 4.05. The van der Waals surface area contributed by atoms with E-state index in [4.69, 9.17) is 4.74 Å². The van der Waals surface area contributed by atoms with Crippen LogP contribution in [0.15, 0.2) is 30.3 Å². The number of benzene rings is 1. The average Bonchev–Trinajstić information content (AvgIpc) is 3.02. The second-order valence-corrected chi connectivity index (χ2v) is 7.05. The van der Waals surface area contributed by atoms with Crippen molar-refractivity contribution in [2.24, 2.45) is 0 Å². The van der Waals surface area contributed by atoms with Gasteiger partial charge in [-0.15, -0.1) is 0 Å². The van der Waals surface area contributed by atoms with Crippen LogP contribution in [0.3, 0.4) is 0 Å². The molecule has 1 saturated carbocycles. The molecule has 1 unspecified atom stereocenters. The van der Waals surface area contributed by atoms with Gasteiger partial charge in [-0.2, -0.15) is 0 Å². The van der Waals surface area contributed by atoms with Gasteiger partial charge in [0.15, 0.2) is 0 Å². The molecule has 5 nitrogen and oxygen atoms in total. The van der Waals surface area contributed by atoms with Gasteiger partial charge in [-0.05, 0) is 18.4 Å². The minimum atomic E-state index is -0.801. The fraction of sp³-hybridized carbons (Fsp3) is 0.632. The van der Waals surface area contributed by atoms with Gasteiger partial charge in [0.25, 0.3) is 0 Å². The molecule has 1 aromatic rings. The molecule has 2 fully saturated rings. The summed E-state index contributed by atoms with van der Waals surface area (Å²) in [7, 11) is 0. The highest BCUT2D eigenvalue weighted by molar-refractivity contribution is 5.77. The molecule has 3 rings (SSSR count). The standard InChI is InChI=1S/C19H28N2O3/c22-18(14-19(23)8-4-5-9-19)20-17(16-6-2-1-3-7-16)15-21-10-12-24-13-11-21/h1-3,6-7,17,23H,4-5,8-15H2,(H,20,22). The summed E-state index contributed by atoms with van der Waals surface area (Å²) in [6.07, 6.45) is 3.71. The van der Waals surface area contributed by atoms with Crippen molar-refractivity contribution in [2.45, 2.75) is 43.7 Å². The first-order valence-electron chi connectivity index (χ1n) is 9.01. The summed E-state index contributed by atoms with van der Waals surface area (Å²) in [6, 6.07) is 10.0. The number of amides is 1. The van der Waals surface area contributed by atoms with Crippen LogP contribution in [0.4, 0.5) is 0 Å². The molecule has 2 N–H and O–H groups in total. The highest BCUT2D eigenvalue weighted by Crippen LogP contribution is 2.32. The zero-order valence-corrected chi connectivity index (χ0v) is 14.2. The fourth-order valence-electron chi connectivity index (χ4n) is 3.72. The van der Waals surface area contributed by atoms with Gasteiger partial charge in [-0.25, -0.2) is 0 Å². The van der Waals surface area contributed by atoms with Gasteiger partial charge >= 0.3 is 0 Å². The Bertz CT molecular complexity index is 523. The molecule has 0 radical (unpaired) electrons. The van der Waals surface area contributed by atoms with E-state index in [-0.39, 0.29) is 18.4 Å². The number of carbonyl (C=O) groups is 1. The molecule has 0 aromatic heterocycles. The van der Waals surface area contributed by atoms with Crippen LogP contribution in [-0.2, 0) is 9.53 Å². The van der Waals surface area contributed by atoms with Crippen LogP contribution < -0.4 is 5.32 Å². The van der Waals surface area contributed by atoms with Crippen molar-refractivity contribution in [1.82, 2.24) is 10.2 Å². The molecule has 1 saturated heterocycles. The molecule has 1 amide bonds. The van der Waals surface area contributed by atoms with Crippen molar-refractivity contribution in [1.29, 1.82) is 0 Å². The van der Waals surface area contributed by atoms with E-state index in [1.165, 1.54) is 0 Å². The number of hydrogen-bond acceptors (Lipinski definition) is 4. The lowest BCUT2D eigenvalue weighted by molar-refractivity contribution is -0.126. The lowest BCUT2D eigenvalue weighted by Crippen LogP contribution is -2.44. The number of aliphatic hydroxyl groups is 1. The highest BCUT2D eigenvalue weighted by atomic mass is 16.5. The summed E-state index contributed by atoms with van der Waals surface area (Å²) >= 11 is 0. The van der Waals surface area contributed by atoms with E-state index < -0.39 is 5.60 Å². The molecule has 1 aliphatic heterocycles. The normalized spacial score (nSPS) is 22.2. The van der Waals surface area contributed by atoms with E-state index >= 15 is 0 Å². The van der Waals surface area contributed by atoms with Crippen molar-refractivity contribution in [2.75, 3.05) is 32.8 Å². The largest absolute Gasteiger partial charge is 0.389 e. The molecular weight excluding hydrogens is 304 g/mol. The topological polar surface area (TPSA) is 61.8 Å². The van der Waals surface area contributed by atoms with Crippen molar-refractivity contribution in [3.63, 3.8) is 0 Å². The van der Waals surface area contributed by atoms with E-state index in [1.807, 2.05) is 18.2 Å². The Morgan fingerprint density at radius 3 is 2.54 bits per heavy atom. The monoisotopic (exact) mass is 332 g/mol. The lowest BCUT2D eigenvalue weighted by atomic mass is 9.97. The lowest BCUT2D eigenvalue weighted by Gasteiger charge is -2.31. The summed E-state index contributed by atoms with van der Waals surface area (Å²) in [5.41, 5.74) is 0.306. The van der Waals surface area contributed by atoms with Gasteiger partial charge in [0, 0.05) is 19.6 Å². The SMILES string of the molecule is O=C(CC1(O)CCCC1)NC(CN1CCOCC1)c1ccccc1. The fourth-order valence-corrected chi connectivity index (χ4v) is 3.72. The van der Waals surface area contributed by atoms with Gasteiger partial charge in [0.1, 0.15) is 0 Å². The average molecular weight is 332 g/mol. The molecule has 2 aliphatic rings. The smallest absolute Gasteiger partial charge is 0.223 e. The maximum Gasteiger partial charge on any atom is 0.223 e. The third kappa shape index (κ3) is 4.79. The Hall–Kier alpha value is -1.43. The Labute approximate surface area is 144 Å². The van der Waals surface area contributed by atoms with Crippen LogP contribution in [0.5, 0.6) is 0 Å². The summed E-state index contributed by atoms with van der Waals surface area (Å²) in [5.74, 6) is -0.0542. The van der Waals surface area contributed by atoms with Crippen LogP contribution in [-0.4, -0.2) is 54.4 Å². The first-order chi connectivity index (χ1) is 11.6. The van der Waals surface area contributed by atoms with E-state index in [2.05, 4.69) is 22.3 Å². The van der Waals surface area contributed by atoms with Gasteiger partial charge in [-0.3, -0.25) is 9.69 Å². The molecule has 5 heteroatoms. The summed E-state index contributed by atoms with van der Waals surface area (Å²) < 4.78 is 5.41. The third-order valence-electron chi connectivity index (χ3n) is 5.11. The Kier molecular flexibility index (Phi) is 5.87. The first-order valence-corrected chi connectivity index (χ1v) is 9.01. The molecule has 0 bridgehead atoms. The molecule has 24 heavy (non-hydrogen) atoms. The third-order valence-corrected chi connectivity index (χ3v) is 5.11. The van der Waals surface area contributed by atoms with E-state index in [0.29, 0.717) is 0 Å². The number of nitrogens with one attached hydrogen (secondary N) is 1. The maximum atomic E-state index is 12.5. The number of rotatable bonds is 6. The van der Waals surface area contributed by atoms with Crippen LogP contribution in [0.1, 0.15) is 43.7 Å². The van der Waals surface area contributed by atoms with Gasteiger partial charge in [-0.1, -0.05) is 43.2 Å². The number of carbonyl (C=O) groups excluding carboxylic acids is 1. The predicted molar refractivity (Wildman–Crippen MR) is 92.6 cm³/mol. The minimum Gasteiger partial charge on any atom is -0.389 e. The van der Waals surface area contributed by atoms with Crippen molar-refractivity contribution in [3.05, 3.63) is 35.9 Å². The molecule has 1 heterocycles. The number of nitrogens with zero attached hydrogens (tertiary/aromatic N) is 1. The number of morpholine rings is 1. The predicted octanol–water partition coefficient (Wildman–Crippen LogP) is 1.87.